The van der Waals surface area contributed by atoms with Crippen LogP contribution >= 0.6 is 0 Å². The van der Waals surface area contributed by atoms with Gasteiger partial charge in [-0.25, -0.2) is 0 Å². The average molecular weight is 220 g/mol. The Balaban J connectivity index is 3.11. The number of carbonyl (C=O) groups excluding carboxylic acids is 1. The molecule has 0 aliphatic carbocycles. The lowest BCUT2D eigenvalue weighted by Gasteiger charge is -2.16. The maximum atomic E-state index is 11.2. The molecule has 4 heteroatoms. The van der Waals surface area contributed by atoms with Gasteiger partial charge in [0.1, 0.15) is 11.6 Å². The van der Waals surface area contributed by atoms with Crippen molar-refractivity contribution in [2.75, 3.05) is 5.32 Å². The quantitative estimate of drug-likeness (QED) is 0.833. The molecule has 1 aromatic rings. The minimum absolute atomic E-state index is 0.161. The summed E-state index contributed by atoms with van der Waals surface area (Å²) < 4.78 is 5.23. The molecule has 0 aromatic carbocycles. The molecule has 0 bridgehead atoms. The number of hydrogen-bond donors (Lipinski definition) is 1. The standard InChI is InChI=1S/C12H16N2O2/c1-5-10(15)14-11-8(6-13)9(7-16-11)12(2,3)4/h7H,5H2,1-4H3,(H,14,15). The summed E-state index contributed by atoms with van der Waals surface area (Å²) in [5.41, 5.74) is 1.04. The van der Waals surface area contributed by atoms with Crippen molar-refractivity contribution in [2.45, 2.75) is 39.5 Å². The van der Waals surface area contributed by atoms with Crippen molar-refractivity contribution in [2.24, 2.45) is 0 Å². The van der Waals surface area contributed by atoms with Crippen LogP contribution in [-0.4, -0.2) is 5.91 Å². The summed E-state index contributed by atoms with van der Waals surface area (Å²) in [6.07, 6.45) is 1.89. The molecular formula is C12H16N2O2. The zero-order valence-electron chi connectivity index (χ0n) is 10.0. The van der Waals surface area contributed by atoms with Gasteiger partial charge in [-0.2, -0.15) is 5.26 Å². The molecule has 0 saturated carbocycles. The Labute approximate surface area is 95.2 Å². The van der Waals surface area contributed by atoms with Gasteiger partial charge in [-0.1, -0.05) is 27.7 Å². The molecule has 0 aliphatic heterocycles. The van der Waals surface area contributed by atoms with E-state index in [-0.39, 0.29) is 17.2 Å². The number of nitriles is 1. The second-order valence-electron chi connectivity index (χ2n) is 4.62. The Hall–Kier alpha value is -1.76. The molecule has 1 amide bonds. The third-order valence-corrected chi connectivity index (χ3v) is 2.28. The minimum atomic E-state index is -0.177. The third-order valence-electron chi connectivity index (χ3n) is 2.28. The van der Waals surface area contributed by atoms with E-state index in [4.69, 9.17) is 9.68 Å². The van der Waals surface area contributed by atoms with E-state index >= 15 is 0 Å². The van der Waals surface area contributed by atoms with Gasteiger partial charge in [0.15, 0.2) is 0 Å². The van der Waals surface area contributed by atoms with Crippen molar-refractivity contribution in [3.63, 3.8) is 0 Å². The van der Waals surface area contributed by atoms with Crippen LogP contribution in [0.1, 0.15) is 45.2 Å². The summed E-state index contributed by atoms with van der Waals surface area (Å²) in [6, 6.07) is 2.07. The minimum Gasteiger partial charge on any atom is -0.447 e. The predicted molar refractivity (Wildman–Crippen MR) is 61.0 cm³/mol. The summed E-state index contributed by atoms with van der Waals surface area (Å²) in [4.78, 5) is 11.2. The SMILES string of the molecule is CCC(=O)Nc1occ(C(C)(C)C)c1C#N. The van der Waals surface area contributed by atoms with Crippen LogP contribution in [0, 0.1) is 11.3 Å². The summed E-state index contributed by atoms with van der Waals surface area (Å²) in [6.45, 7) is 7.72. The maximum absolute atomic E-state index is 11.2. The molecule has 1 aromatic heterocycles. The fourth-order valence-corrected chi connectivity index (χ4v) is 1.33. The first-order chi connectivity index (χ1) is 7.40. The number of furan rings is 1. The van der Waals surface area contributed by atoms with Gasteiger partial charge in [-0.15, -0.1) is 0 Å². The van der Waals surface area contributed by atoms with E-state index in [1.54, 1.807) is 6.92 Å². The first-order valence-corrected chi connectivity index (χ1v) is 5.22. The lowest BCUT2D eigenvalue weighted by molar-refractivity contribution is -0.116. The van der Waals surface area contributed by atoms with Crippen LogP contribution in [0.2, 0.25) is 0 Å². The van der Waals surface area contributed by atoms with Crippen LogP contribution in [0.25, 0.3) is 0 Å². The van der Waals surface area contributed by atoms with E-state index < -0.39 is 0 Å². The number of nitrogens with one attached hydrogen (secondary N) is 1. The van der Waals surface area contributed by atoms with E-state index in [0.717, 1.165) is 5.56 Å². The lowest BCUT2D eigenvalue weighted by Crippen LogP contribution is -2.13. The van der Waals surface area contributed by atoms with Gasteiger partial charge in [0.2, 0.25) is 11.8 Å². The Kier molecular flexibility index (Phi) is 3.38. The van der Waals surface area contributed by atoms with Crippen LogP contribution in [0.15, 0.2) is 10.7 Å². The molecule has 0 saturated heterocycles. The molecule has 0 aliphatic rings. The van der Waals surface area contributed by atoms with Crippen molar-refractivity contribution < 1.29 is 9.21 Å². The van der Waals surface area contributed by atoms with E-state index in [1.165, 1.54) is 6.26 Å². The van der Waals surface area contributed by atoms with Crippen LogP contribution in [-0.2, 0) is 10.2 Å². The number of anilines is 1. The molecule has 16 heavy (non-hydrogen) atoms. The van der Waals surface area contributed by atoms with Crippen molar-refractivity contribution in [3.05, 3.63) is 17.4 Å². The Morgan fingerprint density at radius 3 is 2.62 bits per heavy atom. The molecule has 0 radical (unpaired) electrons. The summed E-state index contributed by atoms with van der Waals surface area (Å²) in [7, 11) is 0. The van der Waals surface area contributed by atoms with Crippen molar-refractivity contribution >= 4 is 11.8 Å². The smallest absolute Gasteiger partial charge is 0.226 e. The summed E-state index contributed by atoms with van der Waals surface area (Å²) in [5.74, 6) is 0.0885. The van der Waals surface area contributed by atoms with Gasteiger partial charge in [0.25, 0.3) is 0 Å². The number of hydrogen-bond acceptors (Lipinski definition) is 3. The first-order valence-electron chi connectivity index (χ1n) is 5.22. The van der Waals surface area contributed by atoms with E-state index in [0.29, 0.717) is 12.0 Å². The van der Waals surface area contributed by atoms with Crippen LogP contribution in [0.4, 0.5) is 5.88 Å². The molecule has 86 valence electrons. The zero-order valence-corrected chi connectivity index (χ0v) is 10.0. The summed E-state index contributed by atoms with van der Waals surface area (Å²) >= 11 is 0. The Bertz CT molecular complexity index is 433. The lowest BCUT2D eigenvalue weighted by atomic mass is 9.86. The highest BCUT2D eigenvalue weighted by atomic mass is 16.3. The molecule has 1 rings (SSSR count). The predicted octanol–water partition coefficient (Wildman–Crippen LogP) is 2.80. The highest BCUT2D eigenvalue weighted by Gasteiger charge is 2.24. The van der Waals surface area contributed by atoms with Gasteiger partial charge in [0, 0.05) is 12.0 Å². The molecule has 0 fully saturated rings. The normalized spacial score (nSPS) is 10.9. The van der Waals surface area contributed by atoms with Gasteiger partial charge in [-0.3, -0.25) is 10.1 Å². The molecule has 1 N–H and O–H groups in total. The Morgan fingerprint density at radius 1 is 1.56 bits per heavy atom. The molecule has 0 unspecified atom stereocenters. The fraction of sp³-hybridized carbons (Fsp3) is 0.500. The van der Waals surface area contributed by atoms with E-state index in [9.17, 15) is 4.79 Å². The van der Waals surface area contributed by atoms with Crippen LogP contribution in [0.3, 0.4) is 0 Å². The van der Waals surface area contributed by atoms with Crippen molar-refractivity contribution in [3.8, 4) is 6.07 Å². The van der Waals surface area contributed by atoms with E-state index in [1.807, 2.05) is 20.8 Å². The number of carbonyl (C=O) groups is 1. The topological polar surface area (TPSA) is 66.0 Å². The third kappa shape index (κ3) is 2.43. The fourth-order valence-electron chi connectivity index (χ4n) is 1.33. The first kappa shape index (κ1) is 12.3. The van der Waals surface area contributed by atoms with Gasteiger partial charge in [-0.05, 0) is 5.41 Å². The largest absolute Gasteiger partial charge is 0.447 e. The molecule has 4 nitrogen and oxygen atoms in total. The monoisotopic (exact) mass is 220 g/mol. The number of nitrogens with zero attached hydrogens (tertiary/aromatic N) is 1. The van der Waals surface area contributed by atoms with Crippen LogP contribution < -0.4 is 5.32 Å². The molecule has 0 atom stereocenters. The highest BCUT2D eigenvalue weighted by Crippen LogP contribution is 2.31. The highest BCUT2D eigenvalue weighted by molar-refractivity contribution is 5.90. The van der Waals surface area contributed by atoms with Crippen molar-refractivity contribution in [1.82, 2.24) is 0 Å². The van der Waals surface area contributed by atoms with Crippen molar-refractivity contribution in [1.29, 1.82) is 5.26 Å². The van der Waals surface area contributed by atoms with Gasteiger partial charge in [0.05, 0.1) is 6.26 Å². The number of rotatable bonds is 2. The zero-order chi connectivity index (χ0) is 12.3. The second kappa shape index (κ2) is 4.40. The number of amides is 1. The molecular weight excluding hydrogens is 204 g/mol. The van der Waals surface area contributed by atoms with Crippen LogP contribution in [0.5, 0.6) is 0 Å². The summed E-state index contributed by atoms with van der Waals surface area (Å²) in [5, 5.41) is 11.7. The second-order valence-corrected chi connectivity index (χ2v) is 4.62. The molecule has 0 spiro atoms. The maximum Gasteiger partial charge on any atom is 0.226 e. The average Bonchev–Trinajstić information content (AvgIpc) is 2.60. The van der Waals surface area contributed by atoms with Gasteiger partial charge < -0.3 is 4.42 Å². The van der Waals surface area contributed by atoms with Gasteiger partial charge >= 0.3 is 0 Å². The Morgan fingerprint density at radius 2 is 2.19 bits per heavy atom. The molecule has 1 heterocycles. The van der Waals surface area contributed by atoms with E-state index in [2.05, 4.69) is 11.4 Å².